The van der Waals surface area contributed by atoms with Gasteiger partial charge in [-0.1, -0.05) is 54.6 Å². The molecule has 0 saturated carbocycles. The van der Waals surface area contributed by atoms with E-state index in [-0.39, 0.29) is 24.3 Å². The Kier molecular flexibility index (Phi) is 5.64. The molecule has 5 rings (SSSR count). The molecule has 1 unspecified atom stereocenters. The molecule has 5 nitrogen and oxygen atoms in total. The highest BCUT2D eigenvalue weighted by molar-refractivity contribution is 5.85. The fraction of sp³-hybridized carbons (Fsp3) is 0.269. The van der Waals surface area contributed by atoms with Crippen LogP contribution in [0.25, 0.3) is 11.1 Å². The molecule has 0 radical (unpaired) electrons. The van der Waals surface area contributed by atoms with Crippen LogP contribution in [0.2, 0.25) is 0 Å². The quantitative estimate of drug-likeness (QED) is 0.611. The van der Waals surface area contributed by atoms with Crippen molar-refractivity contribution in [1.82, 2.24) is 4.90 Å². The second kappa shape index (κ2) is 8.73. The molecule has 32 heavy (non-hydrogen) atoms. The van der Waals surface area contributed by atoms with E-state index in [4.69, 9.17) is 4.74 Å². The Hall–Kier alpha value is -3.22. The highest BCUT2D eigenvalue weighted by Crippen LogP contribution is 2.44. The number of amides is 1. The van der Waals surface area contributed by atoms with E-state index in [1.54, 1.807) is 12.1 Å². The van der Waals surface area contributed by atoms with E-state index in [2.05, 4.69) is 34.5 Å². The molecule has 0 bridgehead atoms. The number of carbonyl (C=O) groups is 1. The van der Waals surface area contributed by atoms with Crippen molar-refractivity contribution < 1.29 is 19.0 Å². The van der Waals surface area contributed by atoms with Crippen LogP contribution in [0.5, 0.6) is 0 Å². The van der Waals surface area contributed by atoms with Crippen LogP contribution >= 0.6 is 0 Å². The normalized spacial score (nSPS) is 17.8. The van der Waals surface area contributed by atoms with Crippen molar-refractivity contribution in [3.05, 3.63) is 89.2 Å². The summed E-state index contributed by atoms with van der Waals surface area (Å²) in [6.45, 7) is 2.14. The van der Waals surface area contributed by atoms with E-state index in [0.717, 1.165) is 40.8 Å². The largest absolute Gasteiger partial charge is 0.448 e. The number of hydrogen-bond acceptors (Lipinski definition) is 4. The van der Waals surface area contributed by atoms with Gasteiger partial charge < -0.3 is 9.84 Å². The summed E-state index contributed by atoms with van der Waals surface area (Å²) in [7, 11) is 0. The Morgan fingerprint density at radius 3 is 2.38 bits per heavy atom. The SMILES string of the molecule is O=C(Nc1ccc(CN2CCC(O)C2)cc1F)OCC1c2ccccc2-c2ccccc21. The highest BCUT2D eigenvalue weighted by Gasteiger charge is 2.29. The Bertz CT molecular complexity index is 1100. The van der Waals surface area contributed by atoms with Crippen LogP contribution < -0.4 is 5.32 Å². The van der Waals surface area contributed by atoms with Gasteiger partial charge in [-0.3, -0.25) is 10.2 Å². The molecular formula is C26H25FN2O3. The van der Waals surface area contributed by atoms with Gasteiger partial charge in [0.05, 0.1) is 11.8 Å². The Labute approximate surface area is 186 Å². The molecule has 6 heteroatoms. The minimum absolute atomic E-state index is 0.0452. The lowest BCUT2D eigenvalue weighted by atomic mass is 9.98. The number of β-amino-alcohol motifs (C(OH)–C–C–N with tert-alkyl or cyclic N) is 1. The van der Waals surface area contributed by atoms with Crippen molar-refractivity contribution >= 4 is 11.8 Å². The molecule has 1 heterocycles. The zero-order valence-corrected chi connectivity index (χ0v) is 17.6. The standard InChI is InChI=1S/C26H25FN2O3/c27-24-13-17(14-29-12-11-18(30)15-29)9-10-25(24)28-26(31)32-16-23-21-7-3-1-5-19(21)20-6-2-4-8-22(20)23/h1-10,13,18,23,30H,11-12,14-16H2,(H,28,31). The van der Waals surface area contributed by atoms with Crippen molar-refractivity contribution in [2.24, 2.45) is 0 Å². The summed E-state index contributed by atoms with van der Waals surface area (Å²) in [5.74, 6) is -0.549. The Morgan fingerprint density at radius 1 is 1.06 bits per heavy atom. The average molecular weight is 432 g/mol. The monoisotopic (exact) mass is 432 g/mol. The molecule has 3 aromatic rings. The van der Waals surface area contributed by atoms with E-state index < -0.39 is 11.9 Å². The van der Waals surface area contributed by atoms with Crippen LogP contribution in [0.1, 0.15) is 29.0 Å². The first-order chi connectivity index (χ1) is 15.6. The van der Waals surface area contributed by atoms with Gasteiger partial charge in [0.2, 0.25) is 0 Å². The molecule has 0 spiro atoms. The smallest absolute Gasteiger partial charge is 0.411 e. The molecule has 1 atom stereocenters. The van der Waals surface area contributed by atoms with Crippen molar-refractivity contribution in [3.8, 4) is 11.1 Å². The maximum atomic E-state index is 14.6. The summed E-state index contributed by atoms with van der Waals surface area (Å²) < 4.78 is 20.1. The first kappa shape index (κ1) is 20.7. The van der Waals surface area contributed by atoms with Gasteiger partial charge in [0.15, 0.2) is 0 Å². The van der Waals surface area contributed by atoms with Gasteiger partial charge in [0.25, 0.3) is 0 Å². The predicted molar refractivity (Wildman–Crippen MR) is 121 cm³/mol. The van der Waals surface area contributed by atoms with E-state index in [9.17, 15) is 14.3 Å². The van der Waals surface area contributed by atoms with Crippen molar-refractivity contribution in [2.75, 3.05) is 25.0 Å². The van der Waals surface area contributed by atoms with Gasteiger partial charge >= 0.3 is 6.09 Å². The number of halogens is 1. The van der Waals surface area contributed by atoms with Crippen LogP contribution in [-0.4, -0.2) is 41.9 Å². The maximum absolute atomic E-state index is 14.6. The molecule has 2 N–H and O–H groups in total. The van der Waals surface area contributed by atoms with Gasteiger partial charge in [-0.05, 0) is 46.4 Å². The van der Waals surface area contributed by atoms with Crippen LogP contribution in [0.4, 0.5) is 14.9 Å². The molecule has 3 aromatic carbocycles. The molecule has 1 amide bonds. The van der Waals surface area contributed by atoms with Gasteiger partial charge in [-0.25, -0.2) is 9.18 Å². The lowest BCUT2D eigenvalue weighted by Crippen LogP contribution is -2.21. The Morgan fingerprint density at radius 2 is 1.75 bits per heavy atom. The third-order valence-electron chi connectivity index (χ3n) is 6.27. The summed E-state index contributed by atoms with van der Waals surface area (Å²) in [5, 5.41) is 12.2. The number of nitrogens with zero attached hydrogens (tertiary/aromatic N) is 1. The number of fused-ring (bicyclic) bond motifs is 3. The van der Waals surface area contributed by atoms with E-state index >= 15 is 0 Å². The molecule has 2 aliphatic rings. The van der Waals surface area contributed by atoms with Crippen LogP contribution in [0, 0.1) is 5.82 Å². The lowest BCUT2D eigenvalue weighted by molar-refractivity contribution is 0.158. The summed E-state index contributed by atoms with van der Waals surface area (Å²) in [6, 6.07) is 21.0. The van der Waals surface area contributed by atoms with Crippen molar-refractivity contribution in [3.63, 3.8) is 0 Å². The molecular weight excluding hydrogens is 407 g/mol. The molecule has 1 aliphatic heterocycles. The number of hydrogen-bond donors (Lipinski definition) is 2. The average Bonchev–Trinajstić information content (AvgIpc) is 3.35. The summed E-state index contributed by atoms with van der Waals surface area (Å²) in [5.41, 5.74) is 5.46. The number of anilines is 1. The second-order valence-electron chi connectivity index (χ2n) is 8.44. The minimum Gasteiger partial charge on any atom is -0.448 e. The first-order valence-electron chi connectivity index (χ1n) is 10.9. The molecule has 1 fully saturated rings. The zero-order chi connectivity index (χ0) is 22.1. The number of ether oxygens (including phenoxy) is 1. The molecule has 0 aromatic heterocycles. The number of aliphatic hydroxyl groups excluding tert-OH is 1. The van der Waals surface area contributed by atoms with Crippen molar-refractivity contribution in [1.29, 1.82) is 0 Å². The van der Waals surface area contributed by atoms with Gasteiger partial charge in [-0.15, -0.1) is 0 Å². The molecule has 164 valence electrons. The lowest BCUT2D eigenvalue weighted by Gasteiger charge is -2.16. The van der Waals surface area contributed by atoms with Crippen LogP contribution in [0.3, 0.4) is 0 Å². The second-order valence-corrected chi connectivity index (χ2v) is 8.44. The number of benzene rings is 3. The third-order valence-corrected chi connectivity index (χ3v) is 6.27. The fourth-order valence-corrected chi connectivity index (χ4v) is 4.72. The van der Waals surface area contributed by atoms with E-state index in [1.165, 1.54) is 6.07 Å². The van der Waals surface area contributed by atoms with Gasteiger partial charge in [-0.2, -0.15) is 0 Å². The number of rotatable bonds is 5. The number of nitrogens with one attached hydrogen (secondary N) is 1. The fourth-order valence-electron chi connectivity index (χ4n) is 4.72. The first-order valence-corrected chi connectivity index (χ1v) is 10.9. The zero-order valence-electron chi connectivity index (χ0n) is 17.6. The summed E-state index contributed by atoms with van der Waals surface area (Å²) in [6.07, 6.45) is -0.250. The van der Waals surface area contributed by atoms with Crippen LogP contribution in [0.15, 0.2) is 66.7 Å². The van der Waals surface area contributed by atoms with E-state index in [1.807, 2.05) is 24.3 Å². The summed E-state index contributed by atoms with van der Waals surface area (Å²) >= 11 is 0. The summed E-state index contributed by atoms with van der Waals surface area (Å²) in [4.78, 5) is 14.5. The number of likely N-dealkylation sites (tertiary alicyclic amines) is 1. The Balaban J connectivity index is 1.22. The number of carbonyl (C=O) groups excluding carboxylic acids is 1. The third kappa shape index (κ3) is 4.11. The van der Waals surface area contributed by atoms with Gasteiger partial charge in [0, 0.05) is 25.6 Å². The van der Waals surface area contributed by atoms with Crippen LogP contribution in [-0.2, 0) is 11.3 Å². The highest BCUT2D eigenvalue weighted by atomic mass is 19.1. The topological polar surface area (TPSA) is 61.8 Å². The number of aliphatic hydroxyl groups is 1. The predicted octanol–water partition coefficient (Wildman–Crippen LogP) is 4.75. The molecule has 1 aliphatic carbocycles. The minimum atomic E-state index is -0.679. The maximum Gasteiger partial charge on any atom is 0.411 e. The molecule has 1 saturated heterocycles. The van der Waals surface area contributed by atoms with Crippen molar-refractivity contribution in [2.45, 2.75) is 25.0 Å². The van der Waals surface area contributed by atoms with E-state index in [0.29, 0.717) is 13.1 Å². The van der Waals surface area contributed by atoms with Gasteiger partial charge in [0.1, 0.15) is 12.4 Å².